The maximum atomic E-state index is 5.34. The molecule has 0 saturated heterocycles. The van der Waals surface area contributed by atoms with Gasteiger partial charge in [0.2, 0.25) is 0 Å². The lowest BCUT2D eigenvalue weighted by atomic mass is 10.2. The molecular formula is C13H14N2OS. The second-order valence-corrected chi connectivity index (χ2v) is 4.54. The van der Waals surface area contributed by atoms with E-state index in [4.69, 9.17) is 4.42 Å². The average Bonchev–Trinajstić information content (AvgIpc) is 2.77. The molecule has 2 aromatic heterocycles. The molecule has 17 heavy (non-hydrogen) atoms. The quantitative estimate of drug-likeness (QED) is 0.598. The van der Waals surface area contributed by atoms with E-state index in [1.54, 1.807) is 18.0 Å². The molecule has 0 bridgehead atoms. The number of aliphatic imine (C=N–C) groups is 1. The van der Waals surface area contributed by atoms with Crippen molar-refractivity contribution >= 4 is 22.6 Å². The van der Waals surface area contributed by atoms with Crippen molar-refractivity contribution in [2.45, 2.75) is 13.8 Å². The summed E-state index contributed by atoms with van der Waals surface area (Å²) in [5, 5.41) is 0.840. The van der Waals surface area contributed by atoms with Crippen LogP contribution in [0.5, 0.6) is 0 Å². The van der Waals surface area contributed by atoms with E-state index in [2.05, 4.69) is 9.98 Å². The van der Waals surface area contributed by atoms with Crippen LogP contribution in [0.2, 0.25) is 0 Å². The third-order valence-corrected chi connectivity index (χ3v) is 2.90. The number of furan rings is 1. The average molecular weight is 246 g/mol. The molecule has 0 aliphatic carbocycles. The van der Waals surface area contributed by atoms with Gasteiger partial charge in [0.15, 0.2) is 11.6 Å². The van der Waals surface area contributed by atoms with Crippen molar-refractivity contribution < 1.29 is 4.42 Å². The number of hydrogen-bond donors (Lipinski definition) is 0. The molecular weight excluding hydrogens is 232 g/mol. The van der Waals surface area contributed by atoms with Crippen LogP contribution in [0.3, 0.4) is 0 Å². The van der Waals surface area contributed by atoms with E-state index in [9.17, 15) is 0 Å². The minimum absolute atomic E-state index is 0.725. The number of hydrogen-bond acceptors (Lipinski definition) is 4. The van der Waals surface area contributed by atoms with Crippen LogP contribution in [0.15, 0.2) is 39.9 Å². The van der Waals surface area contributed by atoms with Crippen LogP contribution in [0.4, 0.5) is 5.82 Å². The van der Waals surface area contributed by atoms with Crippen molar-refractivity contribution in [3.8, 4) is 0 Å². The van der Waals surface area contributed by atoms with E-state index < -0.39 is 0 Å². The van der Waals surface area contributed by atoms with E-state index in [1.165, 1.54) is 0 Å². The molecule has 0 aliphatic rings. The number of aryl methyl sites for hydroxylation is 2. The monoisotopic (exact) mass is 246 g/mol. The van der Waals surface area contributed by atoms with Gasteiger partial charge in [-0.1, -0.05) is 0 Å². The van der Waals surface area contributed by atoms with Crippen LogP contribution in [-0.4, -0.2) is 16.3 Å². The zero-order valence-corrected chi connectivity index (χ0v) is 10.9. The summed E-state index contributed by atoms with van der Waals surface area (Å²) in [7, 11) is 0. The normalized spacial score (nSPS) is 11.8. The van der Waals surface area contributed by atoms with Crippen LogP contribution >= 0.6 is 11.8 Å². The Morgan fingerprint density at radius 1 is 1.35 bits per heavy atom. The Bertz CT molecular complexity index is 512. The summed E-state index contributed by atoms with van der Waals surface area (Å²) in [5.41, 5.74) is 2.14. The fourth-order valence-corrected chi connectivity index (χ4v) is 2.09. The van der Waals surface area contributed by atoms with Crippen molar-refractivity contribution in [3.05, 3.63) is 47.5 Å². The summed E-state index contributed by atoms with van der Waals surface area (Å²) in [5.74, 6) is 1.50. The minimum Gasteiger partial charge on any atom is -0.462 e. The van der Waals surface area contributed by atoms with Crippen molar-refractivity contribution in [1.82, 2.24) is 4.98 Å². The fourth-order valence-electron chi connectivity index (χ4n) is 1.58. The molecule has 0 radical (unpaired) electrons. The first-order valence-electron chi connectivity index (χ1n) is 5.31. The Balaban J connectivity index is 2.39. The van der Waals surface area contributed by atoms with Gasteiger partial charge in [0.1, 0.15) is 5.04 Å². The Morgan fingerprint density at radius 3 is 2.76 bits per heavy atom. The van der Waals surface area contributed by atoms with Gasteiger partial charge in [0.25, 0.3) is 0 Å². The van der Waals surface area contributed by atoms with Crippen molar-refractivity contribution in [3.63, 3.8) is 0 Å². The van der Waals surface area contributed by atoms with Gasteiger partial charge in [0.05, 0.1) is 6.26 Å². The molecule has 0 aromatic carbocycles. The topological polar surface area (TPSA) is 38.4 Å². The van der Waals surface area contributed by atoms with Crippen molar-refractivity contribution in [2.24, 2.45) is 4.99 Å². The van der Waals surface area contributed by atoms with Gasteiger partial charge in [-0.3, -0.25) is 0 Å². The lowest BCUT2D eigenvalue weighted by Gasteiger charge is -2.02. The SMILES string of the molecule is CS/C(=N/c1cc(C)cc(C)n1)c1ccco1. The minimum atomic E-state index is 0.725. The maximum absolute atomic E-state index is 5.34. The molecule has 0 atom stereocenters. The van der Waals surface area contributed by atoms with Crippen molar-refractivity contribution in [2.75, 3.05) is 6.26 Å². The molecule has 0 spiro atoms. The molecule has 2 aromatic rings. The molecule has 0 amide bonds. The summed E-state index contributed by atoms with van der Waals surface area (Å²) in [6.07, 6.45) is 3.63. The van der Waals surface area contributed by atoms with Crippen LogP contribution < -0.4 is 0 Å². The zero-order chi connectivity index (χ0) is 12.3. The Hall–Kier alpha value is -1.55. The highest BCUT2D eigenvalue weighted by Crippen LogP contribution is 2.18. The third kappa shape index (κ3) is 2.97. The summed E-state index contributed by atoms with van der Waals surface area (Å²) in [6.45, 7) is 4.01. The first-order chi connectivity index (χ1) is 8.19. The van der Waals surface area contributed by atoms with Gasteiger partial charge in [0, 0.05) is 5.69 Å². The van der Waals surface area contributed by atoms with Crippen molar-refractivity contribution in [1.29, 1.82) is 0 Å². The molecule has 0 unspecified atom stereocenters. The van der Waals surface area contributed by atoms with Crippen LogP contribution in [0.1, 0.15) is 17.0 Å². The summed E-state index contributed by atoms with van der Waals surface area (Å²) < 4.78 is 5.34. The highest BCUT2D eigenvalue weighted by Gasteiger charge is 2.06. The van der Waals surface area contributed by atoms with Gasteiger partial charge in [-0.25, -0.2) is 9.98 Å². The molecule has 0 aliphatic heterocycles. The first-order valence-corrected chi connectivity index (χ1v) is 6.53. The lowest BCUT2D eigenvalue weighted by Crippen LogP contribution is -1.93. The van der Waals surface area contributed by atoms with Crippen LogP contribution in [-0.2, 0) is 0 Å². The summed E-state index contributed by atoms with van der Waals surface area (Å²) >= 11 is 1.55. The highest BCUT2D eigenvalue weighted by atomic mass is 32.2. The number of thioether (sulfide) groups is 1. The number of pyridine rings is 1. The molecule has 0 fully saturated rings. The number of nitrogens with zero attached hydrogens (tertiary/aromatic N) is 2. The second-order valence-electron chi connectivity index (χ2n) is 3.74. The van der Waals surface area contributed by atoms with Crippen LogP contribution in [0, 0.1) is 13.8 Å². The highest BCUT2D eigenvalue weighted by molar-refractivity contribution is 8.13. The molecule has 2 rings (SSSR count). The van der Waals surface area contributed by atoms with Gasteiger partial charge in [-0.05, 0) is 49.9 Å². The molecule has 3 nitrogen and oxygen atoms in total. The largest absolute Gasteiger partial charge is 0.462 e. The molecule has 88 valence electrons. The van der Waals surface area contributed by atoms with E-state index in [1.807, 2.05) is 44.4 Å². The van der Waals surface area contributed by atoms with E-state index in [-0.39, 0.29) is 0 Å². The third-order valence-electron chi connectivity index (χ3n) is 2.23. The lowest BCUT2D eigenvalue weighted by molar-refractivity contribution is 0.559. The summed E-state index contributed by atoms with van der Waals surface area (Å²) in [6, 6.07) is 7.75. The maximum Gasteiger partial charge on any atom is 0.158 e. The molecule has 2 heterocycles. The van der Waals surface area contributed by atoms with E-state index in [0.717, 1.165) is 27.9 Å². The fraction of sp³-hybridized carbons (Fsp3) is 0.231. The first kappa shape index (κ1) is 11.9. The molecule has 4 heteroatoms. The van der Waals surface area contributed by atoms with E-state index in [0.29, 0.717) is 0 Å². The molecule has 0 N–H and O–H groups in total. The number of rotatable bonds is 2. The summed E-state index contributed by atoms with van der Waals surface area (Å²) in [4.78, 5) is 8.91. The molecule has 0 saturated carbocycles. The Morgan fingerprint density at radius 2 is 2.18 bits per heavy atom. The van der Waals surface area contributed by atoms with Gasteiger partial charge in [-0.2, -0.15) is 0 Å². The number of aromatic nitrogens is 1. The van der Waals surface area contributed by atoms with Gasteiger partial charge >= 0.3 is 0 Å². The predicted molar refractivity (Wildman–Crippen MR) is 72.1 cm³/mol. The van der Waals surface area contributed by atoms with Gasteiger partial charge in [-0.15, -0.1) is 11.8 Å². The van der Waals surface area contributed by atoms with Gasteiger partial charge < -0.3 is 4.42 Å². The van der Waals surface area contributed by atoms with E-state index >= 15 is 0 Å². The zero-order valence-electron chi connectivity index (χ0n) is 10.1. The second kappa shape index (κ2) is 5.19. The Kier molecular flexibility index (Phi) is 3.64. The smallest absolute Gasteiger partial charge is 0.158 e. The predicted octanol–water partition coefficient (Wildman–Crippen LogP) is 3.73. The van der Waals surface area contributed by atoms with Crippen LogP contribution in [0.25, 0.3) is 0 Å². The Labute approximate surface area is 105 Å². The standard InChI is InChI=1S/C13H14N2OS/c1-9-7-10(2)14-12(8-9)15-13(17-3)11-5-4-6-16-11/h4-8H,1-3H3/b15-13+.